The first-order chi connectivity index (χ1) is 12.4. The lowest BCUT2D eigenvalue weighted by Gasteiger charge is -2.52. The number of carbonyl (C=O) groups excluding carboxylic acids is 1. The standard InChI is InChI=1S/C20H20N2O3S/c1-12-5-4-6-14(9-12)22-19(26)21-16-11-20(22,2)25-17-8-7-13(10-15(16)17)18(23)24-3/h4-10,16H,11H2,1-3H3,(H,21,26)/t16-,20-/m0/s1. The molecule has 2 aromatic carbocycles. The van der Waals surface area contributed by atoms with E-state index in [1.54, 1.807) is 6.07 Å². The quantitative estimate of drug-likeness (QED) is 0.644. The molecule has 4 rings (SSSR count). The second kappa shape index (κ2) is 5.99. The summed E-state index contributed by atoms with van der Waals surface area (Å²) in [6.07, 6.45) is 0.707. The highest BCUT2D eigenvalue weighted by atomic mass is 32.1. The molecule has 2 heterocycles. The maximum absolute atomic E-state index is 11.9. The Bertz CT molecular complexity index is 914. The Balaban J connectivity index is 1.76. The number of ether oxygens (including phenoxy) is 2. The van der Waals surface area contributed by atoms with Gasteiger partial charge in [-0.3, -0.25) is 4.90 Å². The van der Waals surface area contributed by atoms with Crippen LogP contribution in [0.15, 0.2) is 42.5 Å². The molecule has 6 heteroatoms. The van der Waals surface area contributed by atoms with Crippen molar-refractivity contribution >= 4 is 29.0 Å². The molecule has 1 saturated heterocycles. The van der Waals surface area contributed by atoms with Crippen molar-refractivity contribution in [2.24, 2.45) is 0 Å². The molecule has 0 aliphatic carbocycles. The van der Waals surface area contributed by atoms with Crippen LogP contribution in [0, 0.1) is 6.92 Å². The van der Waals surface area contributed by atoms with Gasteiger partial charge in [0, 0.05) is 17.7 Å². The smallest absolute Gasteiger partial charge is 0.337 e. The van der Waals surface area contributed by atoms with Gasteiger partial charge in [0.05, 0.1) is 18.7 Å². The van der Waals surface area contributed by atoms with Crippen LogP contribution >= 0.6 is 12.2 Å². The zero-order chi connectivity index (χ0) is 18.5. The Hall–Kier alpha value is -2.60. The second-order valence-electron chi connectivity index (χ2n) is 6.90. The van der Waals surface area contributed by atoms with E-state index in [2.05, 4.69) is 24.4 Å². The average Bonchev–Trinajstić information content (AvgIpc) is 2.60. The zero-order valence-corrected chi connectivity index (χ0v) is 15.7. The van der Waals surface area contributed by atoms with Crippen LogP contribution in [-0.2, 0) is 4.74 Å². The molecule has 1 fully saturated rings. The molecular weight excluding hydrogens is 348 g/mol. The number of hydrogen-bond donors (Lipinski definition) is 1. The number of rotatable bonds is 2. The number of aryl methyl sites for hydroxylation is 1. The Morgan fingerprint density at radius 2 is 2.15 bits per heavy atom. The lowest BCUT2D eigenvalue weighted by Crippen LogP contribution is -2.65. The molecule has 2 atom stereocenters. The number of benzene rings is 2. The predicted octanol–water partition coefficient (Wildman–Crippen LogP) is 3.72. The van der Waals surface area contributed by atoms with Crippen molar-refractivity contribution in [1.82, 2.24) is 5.32 Å². The van der Waals surface area contributed by atoms with E-state index in [0.717, 1.165) is 22.6 Å². The minimum atomic E-state index is -0.597. The van der Waals surface area contributed by atoms with E-state index in [-0.39, 0.29) is 12.0 Å². The first-order valence-electron chi connectivity index (χ1n) is 8.50. The van der Waals surface area contributed by atoms with Crippen LogP contribution in [0.1, 0.15) is 40.9 Å². The van der Waals surface area contributed by atoms with Crippen molar-refractivity contribution in [2.45, 2.75) is 32.0 Å². The highest BCUT2D eigenvalue weighted by molar-refractivity contribution is 7.80. The zero-order valence-electron chi connectivity index (χ0n) is 14.9. The van der Waals surface area contributed by atoms with Gasteiger partial charge in [-0.25, -0.2) is 4.79 Å². The van der Waals surface area contributed by atoms with Gasteiger partial charge in [-0.2, -0.15) is 0 Å². The van der Waals surface area contributed by atoms with E-state index in [1.165, 1.54) is 7.11 Å². The molecule has 134 valence electrons. The first-order valence-corrected chi connectivity index (χ1v) is 8.91. The minimum Gasteiger partial charge on any atom is -0.467 e. The summed E-state index contributed by atoms with van der Waals surface area (Å²) >= 11 is 5.66. The number of esters is 1. The molecule has 2 bridgehead atoms. The average molecular weight is 368 g/mol. The fraction of sp³-hybridized carbons (Fsp3) is 0.300. The normalized spacial score (nSPS) is 23.6. The lowest BCUT2D eigenvalue weighted by molar-refractivity contribution is 0.0494. The summed E-state index contributed by atoms with van der Waals surface area (Å²) in [6, 6.07) is 13.6. The van der Waals surface area contributed by atoms with E-state index in [0.29, 0.717) is 17.1 Å². The van der Waals surface area contributed by atoms with Gasteiger partial charge in [0.1, 0.15) is 5.75 Å². The highest BCUT2D eigenvalue weighted by Gasteiger charge is 2.48. The largest absolute Gasteiger partial charge is 0.467 e. The van der Waals surface area contributed by atoms with Crippen LogP contribution in [0.3, 0.4) is 0 Å². The number of thiocarbonyl (C=S) groups is 1. The summed E-state index contributed by atoms with van der Waals surface area (Å²) in [5.74, 6) is 0.393. The molecule has 0 aromatic heterocycles. The van der Waals surface area contributed by atoms with Crippen molar-refractivity contribution in [3.8, 4) is 5.75 Å². The summed E-state index contributed by atoms with van der Waals surface area (Å²) < 4.78 is 11.2. The molecule has 26 heavy (non-hydrogen) atoms. The topological polar surface area (TPSA) is 50.8 Å². The monoisotopic (exact) mass is 368 g/mol. The van der Waals surface area contributed by atoms with Gasteiger partial charge >= 0.3 is 5.97 Å². The number of carbonyl (C=O) groups is 1. The molecule has 0 unspecified atom stereocenters. The fourth-order valence-corrected chi connectivity index (χ4v) is 4.22. The minimum absolute atomic E-state index is 0.0121. The maximum Gasteiger partial charge on any atom is 0.337 e. The second-order valence-corrected chi connectivity index (χ2v) is 7.29. The predicted molar refractivity (Wildman–Crippen MR) is 104 cm³/mol. The third-order valence-corrected chi connectivity index (χ3v) is 5.25. The molecule has 5 nitrogen and oxygen atoms in total. The molecule has 0 amide bonds. The Labute approximate surface area is 157 Å². The van der Waals surface area contributed by atoms with Gasteiger partial charge in [-0.05, 0) is 62.0 Å². The van der Waals surface area contributed by atoms with Crippen molar-refractivity contribution in [3.05, 3.63) is 59.2 Å². The summed E-state index contributed by atoms with van der Waals surface area (Å²) in [7, 11) is 1.38. The summed E-state index contributed by atoms with van der Waals surface area (Å²) in [6.45, 7) is 4.10. The van der Waals surface area contributed by atoms with Crippen molar-refractivity contribution in [3.63, 3.8) is 0 Å². The lowest BCUT2D eigenvalue weighted by atomic mass is 9.89. The number of anilines is 1. The molecule has 2 aliphatic heterocycles. The third-order valence-electron chi connectivity index (χ3n) is 4.95. The van der Waals surface area contributed by atoms with Crippen molar-refractivity contribution in [2.75, 3.05) is 12.0 Å². The molecule has 1 N–H and O–H groups in total. The van der Waals surface area contributed by atoms with Crippen LogP contribution in [0.2, 0.25) is 0 Å². The number of nitrogens with one attached hydrogen (secondary N) is 1. The summed E-state index contributed by atoms with van der Waals surface area (Å²) in [5, 5.41) is 4.02. The van der Waals surface area contributed by atoms with Gasteiger partial charge in [0.2, 0.25) is 0 Å². The summed E-state index contributed by atoms with van der Waals surface area (Å²) in [5.41, 5.74) is 3.00. The highest BCUT2D eigenvalue weighted by Crippen LogP contribution is 2.45. The number of nitrogens with zero attached hydrogens (tertiary/aromatic N) is 1. The summed E-state index contributed by atoms with van der Waals surface area (Å²) in [4.78, 5) is 13.9. The molecule has 0 saturated carbocycles. The van der Waals surface area contributed by atoms with E-state index in [9.17, 15) is 4.79 Å². The van der Waals surface area contributed by atoms with E-state index in [4.69, 9.17) is 21.7 Å². The van der Waals surface area contributed by atoms with Gasteiger partial charge in [0.15, 0.2) is 10.8 Å². The van der Waals surface area contributed by atoms with Gasteiger partial charge in [0.25, 0.3) is 0 Å². The van der Waals surface area contributed by atoms with E-state index >= 15 is 0 Å². The van der Waals surface area contributed by atoms with E-state index in [1.807, 2.05) is 36.1 Å². The molecular formula is C20H20N2O3S. The SMILES string of the molecule is COC(=O)c1ccc2c(c1)[C@@H]1C[C@](C)(O2)N(c2cccc(C)c2)C(=S)N1. The molecule has 2 aliphatic rings. The third kappa shape index (κ3) is 2.61. The molecule has 0 radical (unpaired) electrons. The van der Waals surface area contributed by atoms with Gasteiger partial charge < -0.3 is 14.8 Å². The van der Waals surface area contributed by atoms with Crippen LogP contribution in [0.25, 0.3) is 0 Å². The van der Waals surface area contributed by atoms with Crippen LogP contribution < -0.4 is 15.0 Å². The Kier molecular flexibility index (Phi) is 3.88. The number of hydrogen-bond acceptors (Lipinski definition) is 4. The van der Waals surface area contributed by atoms with E-state index < -0.39 is 5.72 Å². The first kappa shape index (κ1) is 16.8. The van der Waals surface area contributed by atoms with Crippen LogP contribution in [-0.4, -0.2) is 23.9 Å². The molecule has 0 spiro atoms. The van der Waals surface area contributed by atoms with Gasteiger partial charge in [-0.1, -0.05) is 12.1 Å². The Morgan fingerprint density at radius 1 is 1.35 bits per heavy atom. The number of methoxy groups -OCH3 is 1. The van der Waals surface area contributed by atoms with Crippen LogP contribution in [0.5, 0.6) is 5.75 Å². The Morgan fingerprint density at radius 3 is 2.88 bits per heavy atom. The fourth-order valence-electron chi connectivity index (χ4n) is 3.78. The molecule has 2 aromatic rings. The van der Waals surface area contributed by atoms with Gasteiger partial charge in [-0.15, -0.1) is 0 Å². The van der Waals surface area contributed by atoms with Crippen molar-refractivity contribution in [1.29, 1.82) is 0 Å². The van der Waals surface area contributed by atoms with Crippen LogP contribution in [0.4, 0.5) is 5.69 Å². The number of fused-ring (bicyclic) bond motifs is 4. The maximum atomic E-state index is 11.9. The van der Waals surface area contributed by atoms with Crippen molar-refractivity contribution < 1.29 is 14.3 Å².